The Morgan fingerprint density at radius 2 is 1.70 bits per heavy atom. The molecule has 0 aliphatic carbocycles. The van der Waals surface area contributed by atoms with E-state index in [0.29, 0.717) is 11.8 Å². The normalized spacial score (nSPS) is 17.0. The Kier molecular flexibility index (Phi) is 4.14. The lowest BCUT2D eigenvalue weighted by Gasteiger charge is -2.33. The van der Waals surface area contributed by atoms with Crippen molar-refractivity contribution in [1.82, 2.24) is 20.2 Å². The number of aromatic nitrogens is 3. The van der Waals surface area contributed by atoms with Crippen LogP contribution in [0.15, 0.2) is 9.05 Å². The smallest absolute Gasteiger partial charge is 0.266 e. The second kappa shape index (κ2) is 5.96. The fourth-order valence-corrected chi connectivity index (χ4v) is 2.71. The van der Waals surface area contributed by atoms with Crippen molar-refractivity contribution in [3.63, 3.8) is 0 Å². The Bertz CT molecular complexity index is 643. The van der Waals surface area contributed by atoms with Gasteiger partial charge in [0, 0.05) is 43.7 Å². The van der Waals surface area contributed by atoms with Gasteiger partial charge in [0.25, 0.3) is 5.95 Å². The van der Waals surface area contributed by atoms with Crippen molar-refractivity contribution in [1.29, 1.82) is 0 Å². The van der Waals surface area contributed by atoms with Gasteiger partial charge in [-0.2, -0.15) is 4.98 Å². The highest BCUT2D eigenvalue weighted by Crippen LogP contribution is 2.23. The zero-order valence-electron chi connectivity index (χ0n) is 14.6. The highest BCUT2D eigenvalue weighted by Gasteiger charge is 2.26. The standard InChI is InChI=1S/C16H25N5O2/c1-11-13(12(2)22-18-11)10-20-6-8-21(9-7-20)15-17-14(23-19-15)16(3,4)5/h6-10H2,1-5H3. The third-order valence-corrected chi connectivity index (χ3v) is 4.27. The van der Waals surface area contributed by atoms with Crippen molar-refractivity contribution in [3.05, 3.63) is 22.9 Å². The van der Waals surface area contributed by atoms with E-state index in [0.717, 1.165) is 44.2 Å². The van der Waals surface area contributed by atoms with Crippen LogP contribution >= 0.6 is 0 Å². The average Bonchev–Trinajstić information content (AvgIpc) is 3.10. The second-order valence-corrected chi connectivity index (χ2v) is 7.22. The zero-order chi connectivity index (χ0) is 16.6. The molecule has 2 aromatic heterocycles. The molecule has 0 unspecified atom stereocenters. The molecule has 0 N–H and O–H groups in total. The van der Waals surface area contributed by atoms with Crippen LogP contribution in [0.2, 0.25) is 0 Å². The van der Waals surface area contributed by atoms with Crippen molar-refractivity contribution < 1.29 is 9.05 Å². The molecule has 0 bridgehead atoms. The van der Waals surface area contributed by atoms with E-state index in [-0.39, 0.29) is 5.41 Å². The summed E-state index contributed by atoms with van der Waals surface area (Å²) in [5, 5.41) is 8.16. The Morgan fingerprint density at radius 3 is 2.22 bits per heavy atom. The van der Waals surface area contributed by atoms with Gasteiger partial charge in [-0.15, -0.1) is 0 Å². The van der Waals surface area contributed by atoms with Gasteiger partial charge in [0.2, 0.25) is 5.89 Å². The van der Waals surface area contributed by atoms with Crippen LogP contribution in [0.5, 0.6) is 0 Å². The van der Waals surface area contributed by atoms with Gasteiger partial charge in [0.1, 0.15) is 5.76 Å². The summed E-state index contributed by atoms with van der Waals surface area (Å²) in [6, 6.07) is 0. The maximum absolute atomic E-state index is 5.39. The molecule has 0 spiro atoms. The molecule has 126 valence electrons. The number of aryl methyl sites for hydroxylation is 2. The van der Waals surface area contributed by atoms with Crippen LogP contribution in [0.4, 0.5) is 5.95 Å². The summed E-state index contributed by atoms with van der Waals surface area (Å²) in [6.45, 7) is 14.8. The molecule has 0 atom stereocenters. The van der Waals surface area contributed by atoms with Crippen molar-refractivity contribution in [2.45, 2.75) is 46.6 Å². The van der Waals surface area contributed by atoms with Crippen LogP contribution in [0, 0.1) is 13.8 Å². The SMILES string of the molecule is Cc1noc(C)c1CN1CCN(c2noc(C(C)(C)C)n2)CC1. The maximum Gasteiger partial charge on any atom is 0.266 e. The van der Waals surface area contributed by atoms with Crippen LogP contribution in [0.25, 0.3) is 0 Å². The van der Waals surface area contributed by atoms with E-state index in [2.05, 4.69) is 45.9 Å². The van der Waals surface area contributed by atoms with Gasteiger partial charge in [-0.1, -0.05) is 25.9 Å². The molecule has 7 heteroatoms. The molecule has 1 aliphatic rings. The van der Waals surface area contributed by atoms with E-state index < -0.39 is 0 Å². The number of nitrogens with zero attached hydrogens (tertiary/aromatic N) is 5. The van der Waals surface area contributed by atoms with Crippen molar-refractivity contribution in [3.8, 4) is 0 Å². The lowest BCUT2D eigenvalue weighted by Crippen LogP contribution is -2.46. The molecule has 0 amide bonds. The minimum absolute atomic E-state index is 0.115. The second-order valence-electron chi connectivity index (χ2n) is 7.22. The number of hydrogen-bond donors (Lipinski definition) is 0. The summed E-state index contributed by atoms with van der Waals surface area (Å²) < 4.78 is 10.6. The minimum atomic E-state index is -0.115. The van der Waals surface area contributed by atoms with E-state index in [4.69, 9.17) is 9.05 Å². The molecule has 2 aromatic rings. The van der Waals surface area contributed by atoms with E-state index in [1.165, 1.54) is 5.56 Å². The largest absolute Gasteiger partial charge is 0.361 e. The number of piperazine rings is 1. The summed E-state index contributed by atoms with van der Waals surface area (Å²) >= 11 is 0. The van der Waals surface area contributed by atoms with E-state index in [1.807, 2.05) is 13.8 Å². The molecule has 0 saturated carbocycles. The van der Waals surface area contributed by atoms with Crippen molar-refractivity contribution in [2.75, 3.05) is 31.1 Å². The fourth-order valence-electron chi connectivity index (χ4n) is 2.71. The van der Waals surface area contributed by atoms with E-state index in [9.17, 15) is 0 Å². The molecule has 3 rings (SSSR count). The molecule has 1 aliphatic heterocycles. The summed E-state index contributed by atoms with van der Waals surface area (Å²) in [5.74, 6) is 2.30. The average molecular weight is 319 g/mol. The first-order valence-corrected chi connectivity index (χ1v) is 8.08. The highest BCUT2D eigenvalue weighted by atomic mass is 16.5. The molecule has 1 saturated heterocycles. The number of rotatable bonds is 3. The molecule has 7 nitrogen and oxygen atoms in total. The van der Waals surface area contributed by atoms with Gasteiger partial charge >= 0.3 is 0 Å². The molecule has 0 aromatic carbocycles. The predicted molar refractivity (Wildman–Crippen MR) is 86.5 cm³/mol. The lowest BCUT2D eigenvalue weighted by molar-refractivity contribution is 0.246. The van der Waals surface area contributed by atoms with Crippen molar-refractivity contribution >= 4 is 5.95 Å². The Morgan fingerprint density at radius 1 is 1.00 bits per heavy atom. The quantitative estimate of drug-likeness (QED) is 0.859. The van der Waals surface area contributed by atoms with Crippen LogP contribution < -0.4 is 4.90 Å². The van der Waals surface area contributed by atoms with Gasteiger partial charge in [0.15, 0.2) is 0 Å². The summed E-state index contributed by atoms with van der Waals surface area (Å²) in [5.41, 5.74) is 2.07. The molecule has 23 heavy (non-hydrogen) atoms. The van der Waals surface area contributed by atoms with Gasteiger partial charge in [-0.25, -0.2) is 0 Å². The molecule has 1 fully saturated rings. The number of hydrogen-bond acceptors (Lipinski definition) is 7. The first kappa shape index (κ1) is 16.0. The van der Waals surface area contributed by atoms with Gasteiger partial charge in [-0.05, 0) is 19.0 Å². The van der Waals surface area contributed by atoms with Gasteiger partial charge in [-0.3, -0.25) is 4.90 Å². The van der Waals surface area contributed by atoms with Crippen LogP contribution in [-0.2, 0) is 12.0 Å². The highest BCUT2D eigenvalue weighted by molar-refractivity contribution is 5.30. The molecule has 3 heterocycles. The molecular formula is C16H25N5O2. The van der Waals surface area contributed by atoms with Crippen molar-refractivity contribution in [2.24, 2.45) is 0 Å². The maximum atomic E-state index is 5.39. The molecule has 0 radical (unpaired) electrons. The Labute approximate surface area is 136 Å². The monoisotopic (exact) mass is 319 g/mol. The topological polar surface area (TPSA) is 71.4 Å². The van der Waals surface area contributed by atoms with Gasteiger partial charge < -0.3 is 13.9 Å². The van der Waals surface area contributed by atoms with Gasteiger partial charge in [0.05, 0.1) is 5.69 Å². The first-order valence-electron chi connectivity index (χ1n) is 8.08. The summed E-state index contributed by atoms with van der Waals surface area (Å²) in [6.07, 6.45) is 0. The molecular weight excluding hydrogens is 294 g/mol. The number of anilines is 1. The first-order chi connectivity index (χ1) is 10.8. The van der Waals surface area contributed by atoms with Crippen LogP contribution in [-0.4, -0.2) is 46.4 Å². The zero-order valence-corrected chi connectivity index (χ0v) is 14.6. The van der Waals surface area contributed by atoms with E-state index >= 15 is 0 Å². The summed E-state index contributed by atoms with van der Waals surface area (Å²) in [7, 11) is 0. The Balaban J connectivity index is 1.59. The Hall–Kier alpha value is -1.89. The summed E-state index contributed by atoms with van der Waals surface area (Å²) in [4.78, 5) is 9.13. The van der Waals surface area contributed by atoms with E-state index in [1.54, 1.807) is 0 Å². The van der Waals surface area contributed by atoms with Crippen LogP contribution in [0.3, 0.4) is 0 Å². The third-order valence-electron chi connectivity index (χ3n) is 4.27. The minimum Gasteiger partial charge on any atom is -0.361 e. The predicted octanol–water partition coefficient (Wildman–Crippen LogP) is 2.29. The lowest BCUT2D eigenvalue weighted by atomic mass is 9.97. The van der Waals surface area contributed by atoms with Crippen LogP contribution in [0.1, 0.15) is 43.7 Å². The fraction of sp³-hybridized carbons (Fsp3) is 0.688. The third kappa shape index (κ3) is 3.39.